The number of nitrogens with zero attached hydrogens (tertiary/aromatic N) is 1. The summed E-state index contributed by atoms with van der Waals surface area (Å²) in [6, 6.07) is 5.87. The zero-order valence-corrected chi connectivity index (χ0v) is 11.2. The Labute approximate surface area is 123 Å². The zero-order valence-electron chi connectivity index (χ0n) is 10.5. The third-order valence-corrected chi connectivity index (χ3v) is 3.03. The number of benzene rings is 1. The van der Waals surface area contributed by atoms with Crippen LogP contribution in [0, 0.1) is 0 Å². The highest BCUT2D eigenvalue weighted by Crippen LogP contribution is 2.32. The lowest BCUT2D eigenvalue weighted by Gasteiger charge is -2.09. The number of halogens is 4. The van der Waals surface area contributed by atoms with E-state index in [0.717, 1.165) is 12.1 Å². The van der Waals surface area contributed by atoms with Gasteiger partial charge < -0.3 is 5.11 Å². The average molecular weight is 316 g/mol. The Morgan fingerprint density at radius 2 is 1.86 bits per heavy atom. The Bertz CT molecular complexity index is 669. The lowest BCUT2D eigenvalue weighted by atomic mass is 10.1. The molecule has 21 heavy (non-hydrogen) atoms. The van der Waals surface area contributed by atoms with Gasteiger partial charge in [-0.1, -0.05) is 23.7 Å². The van der Waals surface area contributed by atoms with Crippen molar-refractivity contribution in [3.8, 4) is 11.3 Å². The minimum Gasteiger partial charge on any atom is -0.481 e. The van der Waals surface area contributed by atoms with E-state index in [-0.39, 0.29) is 11.4 Å². The third-order valence-electron chi connectivity index (χ3n) is 2.74. The van der Waals surface area contributed by atoms with Gasteiger partial charge in [0.1, 0.15) is 0 Å². The molecule has 1 N–H and O–H groups in total. The van der Waals surface area contributed by atoms with E-state index in [2.05, 4.69) is 4.98 Å². The fourth-order valence-corrected chi connectivity index (χ4v) is 2.08. The molecule has 0 saturated heterocycles. The van der Waals surface area contributed by atoms with Crippen molar-refractivity contribution in [2.75, 3.05) is 0 Å². The van der Waals surface area contributed by atoms with Crippen molar-refractivity contribution in [3.05, 3.63) is 52.7 Å². The van der Waals surface area contributed by atoms with Gasteiger partial charge >= 0.3 is 12.1 Å². The Morgan fingerprint density at radius 1 is 1.24 bits per heavy atom. The molecule has 0 radical (unpaired) electrons. The highest BCUT2D eigenvalue weighted by molar-refractivity contribution is 6.33. The number of aromatic nitrogens is 1. The summed E-state index contributed by atoms with van der Waals surface area (Å²) in [5, 5.41) is 8.86. The number of aliphatic carboxylic acids is 1. The average Bonchev–Trinajstić information content (AvgIpc) is 2.37. The van der Waals surface area contributed by atoms with E-state index in [1.54, 1.807) is 0 Å². The van der Waals surface area contributed by atoms with E-state index < -0.39 is 17.7 Å². The first-order valence-corrected chi connectivity index (χ1v) is 6.19. The number of hydrogen-bond donors (Lipinski definition) is 1. The van der Waals surface area contributed by atoms with E-state index in [1.165, 1.54) is 24.4 Å². The van der Waals surface area contributed by atoms with Crippen LogP contribution >= 0.6 is 11.6 Å². The largest absolute Gasteiger partial charge is 0.481 e. The topological polar surface area (TPSA) is 50.2 Å². The summed E-state index contributed by atoms with van der Waals surface area (Å²) in [4.78, 5) is 14.6. The first-order valence-electron chi connectivity index (χ1n) is 5.81. The molecule has 2 aromatic rings. The predicted octanol–water partition coefficient (Wildman–Crippen LogP) is 4.05. The summed E-state index contributed by atoms with van der Waals surface area (Å²) >= 11 is 6.00. The maximum absolute atomic E-state index is 12.5. The smallest absolute Gasteiger partial charge is 0.416 e. The Hall–Kier alpha value is -2.08. The number of carbonyl (C=O) groups is 1. The van der Waals surface area contributed by atoms with Gasteiger partial charge in [0.05, 0.1) is 22.7 Å². The molecule has 0 unspecified atom stereocenters. The molecule has 1 heterocycles. The van der Waals surface area contributed by atoms with Gasteiger partial charge in [0.15, 0.2) is 0 Å². The van der Waals surface area contributed by atoms with Crippen LogP contribution in [0.5, 0.6) is 0 Å². The molecule has 3 nitrogen and oxygen atoms in total. The molecule has 0 aliphatic rings. The van der Waals surface area contributed by atoms with Crippen LogP contribution in [0.1, 0.15) is 11.1 Å². The molecule has 0 aliphatic heterocycles. The van der Waals surface area contributed by atoms with Gasteiger partial charge in [-0.3, -0.25) is 9.78 Å². The first kappa shape index (κ1) is 15.3. The normalized spacial score (nSPS) is 11.4. The number of carboxylic acid groups (broad SMARTS) is 1. The second-order valence-corrected chi connectivity index (χ2v) is 4.73. The van der Waals surface area contributed by atoms with E-state index in [9.17, 15) is 18.0 Å². The summed E-state index contributed by atoms with van der Waals surface area (Å²) in [6.45, 7) is 0. The fraction of sp³-hybridized carbons (Fsp3) is 0.143. The zero-order chi connectivity index (χ0) is 15.6. The van der Waals surface area contributed by atoms with Gasteiger partial charge in [0.25, 0.3) is 0 Å². The maximum Gasteiger partial charge on any atom is 0.416 e. The van der Waals surface area contributed by atoms with E-state index in [4.69, 9.17) is 16.7 Å². The van der Waals surface area contributed by atoms with Gasteiger partial charge in [-0.2, -0.15) is 13.2 Å². The van der Waals surface area contributed by atoms with Crippen LogP contribution in [0.4, 0.5) is 13.2 Å². The molecule has 0 bridgehead atoms. The summed E-state index contributed by atoms with van der Waals surface area (Å²) in [5.74, 6) is -1.02. The van der Waals surface area contributed by atoms with Gasteiger partial charge in [0.2, 0.25) is 0 Å². The molecule has 0 fully saturated rings. The molecule has 0 amide bonds. The molecule has 7 heteroatoms. The van der Waals surface area contributed by atoms with Gasteiger partial charge in [0, 0.05) is 11.8 Å². The van der Waals surface area contributed by atoms with Crippen LogP contribution in [0.25, 0.3) is 11.3 Å². The molecule has 0 spiro atoms. The summed E-state index contributed by atoms with van der Waals surface area (Å²) < 4.78 is 37.4. The van der Waals surface area contributed by atoms with E-state index in [0.29, 0.717) is 16.8 Å². The lowest BCUT2D eigenvalue weighted by molar-refractivity contribution is -0.138. The number of carboxylic acids is 1. The van der Waals surface area contributed by atoms with Crippen molar-refractivity contribution in [2.24, 2.45) is 0 Å². The number of hydrogen-bond acceptors (Lipinski definition) is 2. The second-order valence-electron chi connectivity index (χ2n) is 4.32. The van der Waals surface area contributed by atoms with Gasteiger partial charge in [-0.25, -0.2) is 0 Å². The fourth-order valence-electron chi connectivity index (χ4n) is 1.78. The van der Waals surface area contributed by atoms with E-state index >= 15 is 0 Å². The van der Waals surface area contributed by atoms with Gasteiger partial charge in [-0.15, -0.1) is 0 Å². The molecular formula is C14H9ClF3NO2. The Kier molecular flexibility index (Phi) is 4.18. The molecule has 0 aliphatic carbocycles. The van der Waals surface area contributed by atoms with Crippen molar-refractivity contribution in [2.45, 2.75) is 12.6 Å². The lowest BCUT2D eigenvalue weighted by Crippen LogP contribution is -2.04. The summed E-state index contributed by atoms with van der Waals surface area (Å²) in [5.41, 5.74) is 0.391. The van der Waals surface area contributed by atoms with Gasteiger partial charge in [-0.05, 0) is 23.8 Å². The third kappa shape index (κ3) is 3.72. The maximum atomic E-state index is 12.5. The highest BCUT2D eigenvalue weighted by atomic mass is 35.5. The number of pyridine rings is 1. The Balaban J connectivity index is 2.32. The van der Waals surface area contributed by atoms with Crippen molar-refractivity contribution in [3.63, 3.8) is 0 Å². The number of alkyl halides is 3. The van der Waals surface area contributed by atoms with Crippen LogP contribution in [0.2, 0.25) is 5.02 Å². The first-order chi connectivity index (χ1) is 9.77. The minimum atomic E-state index is -4.40. The van der Waals surface area contributed by atoms with Crippen LogP contribution in [-0.2, 0) is 17.4 Å². The molecule has 1 aromatic carbocycles. The van der Waals surface area contributed by atoms with Crippen molar-refractivity contribution >= 4 is 17.6 Å². The number of rotatable bonds is 3. The molecule has 1 aromatic heterocycles. The molecule has 0 atom stereocenters. The van der Waals surface area contributed by atoms with Crippen LogP contribution in [0.3, 0.4) is 0 Å². The predicted molar refractivity (Wildman–Crippen MR) is 71.0 cm³/mol. The van der Waals surface area contributed by atoms with Crippen molar-refractivity contribution in [1.29, 1.82) is 0 Å². The molecule has 110 valence electrons. The molecular weight excluding hydrogens is 307 g/mol. The van der Waals surface area contributed by atoms with Crippen molar-refractivity contribution < 1.29 is 23.1 Å². The summed E-state index contributed by atoms with van der Waals surface area (Å²) in [7, 11) is 0. The quantitative estimate of drug-likeness (QED) is 0.929. The van der Waals surface area contributed by atoms with E-state index in [1.807, 2.05) is 0 Å². The second kappa shape index (κ2) is 5.73. The Morgan fingerprint density at radius 3 is 2.33 bits per heavy atom. The molecule has 2 rings (SSSR count). The van der Waals surface area contributed by atoms with Crippen molar-refractivity contribution in [1.82, 2.24) is 4.98 Å². The van der Waals surface area contributed by atoms with Crippen LogP contribution < -0.4 is 0 Å². The highest BCUT2D eigenvalue weighted by Gasteiger charge is 2.30. The minimum absolute atomic E-state index is 0.188. The van der Waals surface area contributed by atoms with Crippen LogP contribution in [-0.4, -0.2) is 16.1 Å². The summed E-state index contributed by atoms with van der Waals surface area (Å²) in [6.07, 6.45) is -3.28. The molecule has 0 saturated carbocycles. The SMILES string of the molecule is O=C(O)Cc1cnc(-c2ccc(C(F)(F)F)cc2)c(Cl)c1. The standard InChI is InChI=1S/C14H9ClF3NO2/c15-11-5-8(6-12(20)21)7-19-13(11)9-1-3-10(4-2-9)14(16,17)18/h1-5,7H,6H2,(H,20,21). The monoisotopic (exact) mass is 315 g/mol. The van der Waals surface area contributed by atoms with Crippen LogP contribution in [0.15, 0.2) is 36.5 Å².